The number of esters is 1. The summed E-state index contributed by atoms with van der Waals surface area (Å²) in [5, 5.41) is 23.4. The maximum atomic E-state index is 12.8. The maximum absolute atomic E-state index is 12.8. The van der Waals surface area contributed by atoms with Crippen molar-refractivity contribution in [2.45, 2.75) is 50.7 Å². The molecule has 0 aromatic heterocycles. The third kappa shape index (κ3) is 4.22. The molecule has 1 N–H and O–H groups in total. The molecule has 9 heteroatoms. The van der Waals surface area contributed by atoms with Crippen molar-refractivity contribution in [3.63, 3.8) is 0 Å². The molecule has 9 nitrogen and oxygen atoms in total. The zero-order chi connectivity index (χ0) is 20.9. The van der Waals surface area contributed by atoms with E-state index in [2.05, 4.69) is 11.4 Å². The number of carbonyl (C=O) groups is 2. The molecule has 150 valence electrons. The van der Waals surface area contributed by atoms with E-state index in [1.54, 1.807) is 14.1 Å². The number of nitrogens with zero attached hydrogens (tertiary/aromatic N) is 3. The van der Waals surface area contributed by atoms with Crippen molar-refractivity contribution < 1.29 is 19.2 Å². The van der Waals surface area contributed by atoms with Crippen molar-refractivity contribution >= 4 is 23.3 Å². The van der Waals surface area contributed by atoms with Crippen LogP contribution in [0.2, 0.25) is 0 Å². The van der Waals surface area contributed by atoms with Crippen LogP contribution in [-0.2, 0) is 9.53 Å². The largest absolute Gasteiger partial charge is 0.449 e. The number of amides is 1. The van der Waals surface area contributed by atoms with Gasteiger partial charge in [0, 0.05) is 31.9 Å². The van der Waals surface area contributed by atoms with Crippen LogP contribution in [0.3, 0.4) is 0 Å². The lowest BCUT2D eigenvalue weighted by Gasteiger charge is -2.39. The molecule has 1 aliphatic carbocycles. The lowest BCUT2D eigenvalue weighted by molar-refractivity contribution is -0.384. The number of rotatable bonds is 6. The van der Waals surface area contributed by atoms with E-state index in [-0.39, 0.29) is 11.3 Å². The normalized spacial score (nSPS) is 16.4. The van der Waals surface area contributed by atoms with Crippen molar-refractivity contribution in [3.05, 3.63) is 33.9 Å². The highest BCUT2D eigenvalue weighted by Gasteiger charge is 2.41. The number of carbonyl (C=O) groups excluding carboxylic acids is 2. The minimum absolute atomic E-state index is 0.0355. The fraction of sp³-hybridized carbons (Fsp3) is 0.526. The zero-order valence-electron chi connectivity index (χ0n) is 16.2. The van der Waals surface area contributed by atoms with E-state index >= 15 is 0 Å². The number of ether oxygens (including phenoxy) is 1. The zero-order valence-corrected chi connectivity index (χ0v) is 16.2. The Morgan fingerprint density at radius 1 is 1.36 bits per heavy atom. The van der Waals surface area contributed by atoms with E-state index in [9.17, 15) is 25.0 Å². The number of likely N-dealkylation sites (N-methyl/N-ethyl adjacent to an activating group) is 1. The second-order valence-corrected chi connectivity index (χ2v) is 6.89. The Labute approximate surface area is 163 Å². The molecule has 1 aromatic carbocycles. The molecule has 0 saturated heterocycles. The minimum atomic E-state index is -1.13. The lowest BCUT2D eigenvalue weighted by Crippen LogP contribution is -2.53. The minimum Gasteiger partial charge on any atom is -0.449 e. The molecule has 0 radical (unpaired) electrons. The van der Waals surface area contributed by atoms with Gasteiger partial charge in [-0.1, -0.05) is 19.3 Å². The SMILES string of the molecule is CNc1ccc([N+](=O)[O-])cc1C(=O)O[C@@H](C)C(=O)N(C)C1(C#N)CCCCC1. The van der Waals surface area contributed by atoms with Crippen LogP contribution in [0.25, 0.3) is 0 Å². The molecule has 2 rings (SSSR count). The summed E-state index contributed by atoms with van der Waals surface area (Å²) in [6.45, 7) is 1.43. The van der Waals surface area contributed by atoms with Gasteiger partial charge >= 0.3 is 5.97 Å². The summed E-state index contributed by atoms with van der Waals surface area (Å²) < 4.78 is 5.27. The Morgan fingerprint density at radius 2 is 2.00 bits per heavy atom. The Kier molecular flexibility index (Phi) is 6.57. The lowest BCUT2D eigenvalue weighted by atomic mass is 9.81. The summed E-state index contributed by atoms with van der Waals surface area (Å²) in [6.07, 6.45) is 2.78. The molecule has 1 amide bonds. The van der Waals surface area contributed by atoms with E-state index in [1.807, 2.05) is 0 Å². The number of non-ortho nitro benzene ring substituents is 1. The average molecular weight is 388 g/mol. The molecule has 1 saturated carbocycles. The van der Waals surface area contributed by atoms with E-state index < -0.39 is 28.4 Å². The molecule has 1 aliphatic rings. The van der Waals surface area contributed by atoms with E-state index in [0.717, 1.165) is 25.3 Å². The molecule has 0 bridgehead atoms. The Balaban J connectivity index is 2.17. The van der Waals surface area contributed by atoms with Crippen LogP contribution in [0.15, 0.2) is 18.2 Å². The van der Waals surface area contributed by atoms with Crippen molar-refractivity contribution in [1.82, 2.24) is 4.90 Å². The first-order valence-corrected chi connectivity index (χ1v) is 9.12. The maximum Gasteiger partial charge on any atom is 0.341 e. The first-order chi connectivity index (χ1) is 13.3. The number of nitro groups is 1. The molecular formula is C19H24N4O5. The first-order valence-electron chi connectivity index (χ1n) is 9.12. The van der Waals surface area contributed by atoms with Gasteiger partial charge in [0.2, 0.25) is 0 Å². The molecule has 0 unspecified atom stereocenters. The van der Waals surface area contributed by atoms with Gasteiger partial charge in [0.25, 0.3) is 11.6 Å². The van der Waals surface area contributed by atoms with Gasteiger partial charge in [-0.3, -0.25) is 14.9 Å². The number of nitro benzene ring substituents is 1. The van der Waals surface area contributed by atoms with E-state index in [4.69, 9.17) is 4.74 Å². The van der Waals surface area contributed by atoms with Crippen LogP contribution in [0.1, 0.15) is 49.4 Å². The van der Waals surface area contributed by atoms with Crippen LogP contribution in [0.5, 0.6) is 0 Å². The number of benzene rings is 1. The van der Waals surface area contributed by atoms with Gasteiger partial charge in [0.15, 0.2) is 6.10 Å². The fourth-order valence-corrected chi connectivity index (χ4v) is 3.45. The molecular weight excluding hydrogens is 364 g/mol. The third-order valence-electron chi connectivity index (χ3n) is 5.20. The van der Waals surface area contributed by atoms with Crippen molar-refractivity contribution in [3.8, 4) is 6.07 Å². The number of nitrogens with one attached hydrogen (secondary N) is 1. The van der Waals surface area contributed by atoms with Gasteiger partial charge in [0.1, 0.15) is 5.54 Å². The second kappa shape index (κ2) is 8.69. The monoisotopic (exact) mass is 388 g/mol. The third-order valence-corrected chi connectivity index (χ3v) is 5.20. The van der Waals surface area contributed by atoms with E-state index in [0.29, 0.717) is 18.5 Å². The predicted molar refractivity (Wildman–Crippen MR) is 102 cm³/mol. The van der Waals surface area contributed by atoms with Crippen LogP contribution in [0, 0.1) is 21.4 Å². The molecule has 1 fully saturated rings. The number of hydrogen-bond donors (Lipinski definition) is 1. The van der Waals surface area contributed by atoms with Crippen molar-refractivity contribution in [1.29, 1.82) is 5.26 Å². The predicted octanol–water partition coefficient (Wildman–Crippen LogP) is 2.87. The summed E-state index contributed by atoms with van der Waals surface area (Å²) in [5.74, 6) is -1.33. The van der Waals surface area contributed by atoms with Gasteiger partial charge in [-0.05, 0) is 25.8 Å². The quantitative estimate of drug-likeness (QED) is 0.451. The Hall–Kier alpha value is -3.15. The second-order valence-electron chi connectivity index (χ2n) is 6.89. The van der Waals surface area contributed by atoms with Crippen LogP contribution in [-0.4, -0.2) is 47.4 Å². The smallest absolute Gasteiger partial charge is 0.341 e. The molecule has 1 aromatic rings. The van der Waals surface area contributed by atoms with Gasteiger partial charge in [0.05, 0.1) is 16.6 Å². The van der Waals surface area contributed by atoms with Crippen LogP contribution >= 0.6 is 0 Å². The highest BCUT2D eigenvalue weighted by Crippen LogP contribution is 2.33. The molecule has 28 heavy (non-hydrogen) atoms. The highest BCUT2D eigenvalue weighted by molar-refractivity contribution is 5.98. The molecule has 0 spiro atoms. The number of hydrogen-bond acceptors (Lipinski definition) is 7. The highest BCUT2D eigenvalue weighted by atomic mass is 16.6. The van der Waals surface area contributed by atoms with Gasteiger partial charge in [-0.25, -0.2) is 4.79 Å². The van der Waals surface area contributed by atoms with Crippen molar-refractivity contribution in [2.24, 2.45) is 0 Å². The first kappa shape index (κ1) is 21.2. The fourth-order valence-electron chi connectivity index (χ4n) is 3.45. The topological polar surface area (TPSA) is 126 Å². The van der Waals surface area contributed by atoms with Crippen molar-refractivity contribution in [2.75, 3.05) is 19.4 Å². The van der Waals surface area contributed by atoms with Gasteiger partial charge in [-0.2, -0.15) is 5.26 Å². The van der Waals surface area contributed by atoms with Gasteiger partial charge in [-0.15, -0.1) is 0 Å². The summed E-state index contributed by atoms with van der Waals surface area (Å²) in [7, 11) is 3.12. The average Bonchev–Trinajstić information content (AvgIpc) is 2.72. The van der Waals surface area contributed by atoms with Gasteiger partial charge < -0.3 is 15.0 Å². The summed E-state index contributed by atoms with van der Waals surface area (Å²) in [6, 6.07) is 6.03. The summed E-state index contributed by atoms with van der Waals surface area (Å²) in [4.78, 5) is 37.1. The number of nitriles is 1. The summed E-state index contributed by atoms with van der Waals surface area (Å²) >= 11 is 0. The Morgan fingerprint density at radius 3 is 2.54 bits per heavy atom. The Bertz CT molecular complexity index is 811. The molecule has 0 aliphatic heterocycles. The standard InChI is InChI=1S/C19H24N4O5/c1-13(17(24)22(3)19(12-20)9-5-4-6-10-19)28-18(25)15-11-14(23(26)27)7-8-16(15)21-2/h7-8,11,13,21H,4-6,9-10H2,1-3H3/t13-/m0/s1. The molecule has 0 heterocycles. The number of anilines is 1. The van der Waals surface area contributed by atoms with Crippen LogP contribution < -0.4 is 5.32 Å². The summed E-state index contributed by atoms with van der Waals surface area (Å²) in [5.41, 5.74) is -0.832. The van der Waals surface area contributed by atoms with Crippen LogP contribution in [0.4, 0.5) is 11.4 Å². The molecule has 1 atom stereocenters. The van der Waals surface area contributed by atoms with E-state index in [1.165, 1.54) is 24.0 Å².